The zero-order valence-corrected chi connectivity index (χ0v) is 9.95. The third kappa shape index (κ3) is 1.67. The molecular formula is C13H9ClN2O2. The van der Waals surface area contributed by atoms with Crippen LogP contribution in [0.15, 0.2) is 36.5 Å². The van der Waals surface area contributed by atoms with E-state index in [0.29, 0.717) is 5.02 Å². The highest BCUT2D eigenvalue weighted by atomic mass is 35.5. The molecule has 0 unspecified atom stereocenters. The van der Waals surface area contributed by atoms with Crippen LogP contribution in [0.5, 0.6) is 0 Å². The number of nitrogens with one attached hydrogen (secondary N) is 2. The van der Waals surface area contributed by atoms with Crippen LogP contribution in [-0.4, -0.2) is 21.0 Å². The lowest BCUT2D eigenvalue weighted by atomic mass is 10.1. The molecule has 0 fully saturated rings. The van der Waals surface area contributed by atoms with Gasteiger partial charge in [0.25, 0.3) is 0 Å². The van der Waals surface area contributed by atoms with E-state index in [1.165, 1.54) is 0 Å². The lowest BCUT2D eigenvalue weighted by Gasteiger charge is -1.96. The van der Waals surface area contributed by atoms with Gasteiger partial charge in [0.1, 0.15) is 5.69 Å². The molecule has 90 valence electrons. The Morgan fingerprint density at radius 1 is 1.22 bits per heavy atom. The molecule has 0 aliphatic carbocycles. The maximum absolute atomic E-state index is 10.8. The quantitative estimate of drug-likeness (QED) is 0.660. The number of aromatic carboxylic acids is 1. The first-order valence-electron chi connectivity index (χ1n) is 5.34. The van der Waals surface area contributed by atoms with E-state index < -0.39 is 5.97 Å². The Bertz CT molecular complexity index is 742. The number of halogens is 1. The molecule has 0 spiro atoms. The van der Waals surface area contributed by atoms with Gasteiger partial charge in [0.05, 0.1) is 0 Å². The second kappa shape index (κ2) is 3.92. The van der Waals surface area contributed by atoms with Gasteiger partial charge in [-0.1, -0.05) is 11.6 Å². The van der Waals surface area contributed by atoms with E-state index in [2.05, 4.69) is 9.97 Å². The van der Waals surface area contributed by atoms with Crippen LogP contribution in [0.4, 0.5) is 0 Å². The fraction of sp³-hybridized carbons (Fsp3) is 0. The van der Waals surface area contributed by atoms with Crippen LogP contribution in [0.2, 0.25) is 5.02 Å². The molecule has 3 rings (SSSR count). The van der Waals surface area contributed by atoms with Crippen molar-refractivity contribution in [1.82, 2.24) is 9.97 Å². The van der Waals surface area contributed by atoms with Crippen molar-refractivity contribution in [3.05, 3.63) is 47.2 Å². The molecule has 0 saturated carbocycles. The molecule has 0 aliphatic rings. The second-order valence-electron chi connectivity index (χ2n) is 3.98. The zero-order chi connectivity index (χ0) is 12.7. The van der Waals surface area contributed by atoms with Crippen LogP contribution in [0.3, 0.4) is 0 Å². The molecule has 5 heteroatoms. The number of aromatic amines is 2. The van der Waals surface area contributed by atoms with Crippen molar-refractivity contribution in [1.29, 1.82) is 0 Å². The summed E-state index contributed by atoms with van der Waals surface area (Å²) in [4.78, 5) is 16.8. The van der Waals surface area contributed by atoms with Crippen molar-refractivity contribution in [2.24, 2.45) is 0 Å². The average molecular weight is 261 g/mol. The smallest absolute Gasteiger partial charge is 0.352 e. The normalized spacial score (nSPS) is 10.9. The highest BCUT2D eigenvalue weighted by Crippen LogP contribution is 2.29. The molecule has 0 aliphatic heterocycles. The van der Waals surface area contributed by atoms with E-state index in [1.54, 1.807) is 12.1 Å². The number of carbonyl (C=O) groups is 1. The first-order valence-corrected chi connectivity index (χ1v) is 5.72. The van der Waals surface area contributed by atoms with Gasteiger partial charge in [-0.2, -0.15) is 0 Å². The van der Waals surface area contributed by atoms with Gasteiger partial charge >= 0.3 is 5.97 Å². The topological polar surface area (TPSA) is 68.9 Å². The van der Waals surface area contributed by atoms with E-state index in [1.807, 2.05) is 24.4 Å². The maximum atomic E-state index is 10.8. The van der Waals surface area contributed by atoms with Crippen molar-refractivity contribution in [3.63, 3.8) is 0 Å². The van der Waals surface area contributed by atoms with Crippen molar-refractivity contribution in [3.8, 4) is 11.3 Å². The summed E-state index contributed by atoms with van der Waals surface area (Å²) in [6.45, 7) is 0. The van der Waals surface area contributed by atoms with E-state index in [0.717, 1.165) is 22.2 Å². The molecule has 1 aromatic carbocycles. The number of carboxylic acid groups (broad SMARTS) is 1. The van der Waals surface area contributed by atoms with Gasteiger partial charge < -0.3 is 15.1 Å². The SMILES string of the molecule is O=C(O)c1ccc(-c2c[nH]c3ccc(Cl)cc23)[nH]1. The molecular weight excluding hydrogens is 252 g/mol. The van der Waals surface area contributed by atoms with Gasteiger partial charge in [-0.15, -0.1) is 0 Å². The fourth-order valence-electron chi connectivity index (χ4n) is 1.99. The third-order valence-corrected chi connectivity index (χ3v) is 3.09. The summed E-state index contributed by atoms with van der Waals surface area (Å²) in [5.74, 6) is -0.973. The summed E-state index contributed by atoms with van der Waals surface area (Å²) >= 11 is 5.97. The van der Waals surface area contributed by atoms with Gasteiger partial charge in [0, 0.05) is 33.4 Å². The molecule has 0 amide bonds. The summed E-state index contributed by atoms with van der Waals surface area (Å²) in [6.07, 6.45) is 1.83. The average Bonchev–Trinajstić information content (AvgIpc) is 2.93. The van der Waals surface area contributed by atoms with Crippen molar-refractivity contribution in [2.75, 3.05) is 0 Å². The Kier molecular flexibility index (Phi) is 2.38. The van der Waals surface area contributed by atoms with Crippen molar-refractivity contribution < 1.29 is 9.90 Å². The predicted molar refractivity (Wildman–Crippen MR) is 70.1 cm³/mol. The van der Waals surface area contributed by atoms with Gasteiger partial charge in [0.2, 0.25) is 0 Å². The van der Waals surface area contributed by atoms with E-state index in [-0.39, 0.29) is 5.69 Å². The second-order valence-corrected chi connectivity index (χ2v) is 4.42. The largest absolute Gasteiger partial charge is 0.477 e. The molecule has 2 aromatic heterocycles. The summed E-state index contributed by atoms with van der Waals surface area (Å²) in [7, 11) is 0. The molecule has 18 heavy (non-hydrogen) atoms. The molecule has 0 radical (unpaired) electrons. The monoisotopic (exact) mass is 260 g/mol. The first-order chi connectivity index (χ1) is 8.65. The lowest BCUT2D eigenvalue weighted by molar-refractivity contribution is 0.0691. The van der Waals surface area contributed by atoms with Gasteiger partial charge in [-0.25, -0.2) is 4.79 Å². The molecule has 3 aromatic rings. The van der Waals surface area contributed by atoms with E-state index >= 15 is 0 Å². The molecule has 0 saturated heterocycles. The number of H-pyrrole nitrogens is 2. The maximum Gasteiger partial charge on any atom is 0.352 e. The Balaban J connectivity index is 2.18. The molecule has 3 N–H and O–H groups in total. The van der Waals surface area contributed by atoms with Crippen LogP contribution < -0.4 is 0 Å². The highest BCUT2D eigenvalue weighted by Gasteiger charge is 2.11. The minimum atomic E-state index is -0.973. The highest BCUT2D eigenvalue weighted by molar-refractivity contribution is 6.31. The zero-order valence-electron chi connectivity index (χ0n) is 9.20. The summed E-state index contributed by atoms with van der Waals surface area (Å²) in [5, 5.41) is 10.5. The van der Waals surface area contributed by atoms with Gasteiger partial charge in [-0.05, 0) is 30.3 Å². The van der Waals surface area contributed by atoms with Crippen LogP contribution in [0, 0.1) is 0 Å². The molecule has 0 bridgehead atoms. The molecule has 2 heterocycles. The Labute approximate surface area is 107 Å². The Morgan fingerprint density at radius 2 is 2.06 bits per heavy atom. The van der Waals surface area contributed by atoms with Crippen LogP contribution in [0.1, 0.15) is 10.5 Å². The van der Waals surface area contributed by atoms with E-state index in [9.17, 15) is 4.79 Å². The number of hydrogen-bond donors (Lipinski definition) is 3. The fourth-order valence-corrected chi connectivity index (χ4v) is 2.16. The first kappa shape index (κ1) is 10.9. The van der Waals surface area contributed by atoms with Crippen molar-refractivity contribution in [2.45, 2.75) is 0 Å². The number of fused-ring (bicyclic) bond motifs is 1. The Hall–Kier alpha value is -2.20. The van der Waals surface area contributed by atoms with Crippen molar-refractivity contribution >= 4 is 28.5 Å². The van der Waals surface area contributed by atoms with Crippen LogP contribution in [0.25, 0.3) is 22.2 Å². The third-order valence-electron chi connectivity index (χ3n) is 2.85. The van der Waals surface area contributed by atoms with E-state index in [4.69, 9.17) is 16.7 Å². The molecule has 0 atom stereocenters. The minimum Gasteiger partial charge on any atom is -0.477 e. The Morgan fingerprint density at radius 3 is 2.78 bits per heavy atom. The summed E-state index contributed by atoms with van der Waals surface area (Å²) in [6, 6.07) is 8.84. The standard InChI is InChI=1S/C13H9ClN2O2/c14-7-1-2-10-8(5-7)9(6-15-10)11-3-4-12(16-11)13(17)18/h1-6,15-16H,(H,17,18). The van der Waals surface area contributed by atoms with Crippen LogP contribution in [-0.2, 0) is 0 Å². The number of rotatable bonds is 2. The number of benzene rings is 1. The predicted octanol–water partition coefficient (Wildman–Crippen LogP) is 3.51. The minimum absolute atomic E-state index is 0.168. The number of hydrogen-bond acceptors (Lipinski definition) is 1. The number of aromatic nitrogens is 2. The lowest BCUT2D eigenvalue weighted by Crippen LogP contribution is -1.95. The summed E-state index contributed by atoms with van der Waals surface area (Å²) < 4.78 is 0. The van der Waals surface area contributed by atoms with Gasteiger partial charge in [-0.3, -0.25) is 0 Å². The number of carboxylic acids is 1. The molecule has 4 nitrogen and oxygen atoms in total. The summed E-state index contributed by atoms with van der Waals surface area (Å²) in [5.41, 5.74) is 2.78. The van der Waals surface area contributed by atoms with Gasteiger partial charge in [0.15, 0.2) is 0 Å². The van der Waals surface area contributed by atoms with Crippen LogP contribution >= 0.6 is 11.6 Å².